The molecule has 0 radical (unpaired) electrons. The Kier molecular flexibility index (Phi) is 5.15. The highest BCUT2D eigenvalue weighted by molar-refractivity contribution is 9.10. The summed E-state index contributed by atoms with van der Waals surface area (Å²) in [5, 5.41) is 3.35. The Morgan fingerprint density at radius 3 is 3.00 bits per heavy atom. The molecule has 1 saturated heterocycles. The van der Waals surface area contributed by atoms with Gasteiger partial charge < -0.3 is 10.1 Å². The van der Waals surface area contributed by atoms with E-state index in [1.807, 2.05) is 13.1 Å². The summed E-state index contributed by atoms with van der Waals surface area (Å²) in [6.45, 7) is 1.77. The molecule has 0 spiro atoms. The molecule has 1 aromatic carbocycles. The highest BCUT2D eigenvalue weighted by atomic mass is 79.9. The van der Waals surface area contributed by atoms with Crippen molar-refractivity contribution in [3.63, 3.8) is 0 Å². The summed E-state index contributed by atoms with van der Waals surface area (Å²) in [5.41, 5.74) is 1.15. The third kappa shape index (κ3) is 3.77. The van der Waals surface area contributed by atoms with E-state index >= 15 is 0 Å². The topological polar surface area (TPSA) is 21.3 Å². The lowest BCUT2D eigenvalue weighted by molar-refractivity contribution is 0.181. The maximum atomic E-state index is 13.0. The molecule has 1 aliphatic heterocycles. The summed E-state index contributed by atoms with van der Waals surface area (Å²) in [6, 6.07) is 5.32. The van der Waals surface area contributed by atoms with Crippen molar-refractivity contribution < 1.29 is 9.13 Å². The van der Waals surface area contributed by atoms with Crippen LogP contribution in [0.3, 0.4) is 0 Å². The Labute approximate surface area is 116 Å². The number of hydrogen-bond donors (Lipinski definition) is 1. The third-order valence-electron chi connectivity index (χ3n) is 3.53. The van der Waals surface area contributed by atoms with Crippen LogP contribution in [-0.2, 0) is 11.2 Å². The van der Waals surface area contributed by atoms with Crippen molar-refractivity contribution in [3.05, 3.63) is 34.1 Å². The van der Waals surface area contributed by atoms with Crippen molar-refractivity contribution in [1.29, 1.82) is 0 Å². The van der Waals surface area contributed by atoms with E-state index in [0.717, 1.165) is 42.5 Å². The van der Waals surface area contributed by atoms with Gasteiger partial charge in [-0.15, -0.1) is 0 Å². The number of hydrogen-bond acceptors (Lipinski definition) is 2. The van der Waals surface area contributed by atoms with Gasteiger partial charge in [-0.25, -0.2) is 4.39 Å². The summed E-state index contributed by atoms with van der Waals surface area (Å²) in [6.07, 6.45) is 3.18. The van der Waals surface area contributed by atoms with Crippen molar-refractivity contribution in [1.82, 2.24) is 5.32 Å². The van der Waals surface area contributed by atoms with Crippen molar-refractivity contribution in [2.24, 2.45) is 5.92 Å². The largest absolute Gasteiger partial charge is 0.381 e. The number of halogens is 2. The fourth-order valence-electron chi connectivity index (χ4n) is 2.43. The van der Waals surface area contributed by atoms with Crippen molar-refractivity contribution >= 4 is 15.9 Å². The van der Waals surface area contributed by atoms with Gasteiger partial charge in [0.15, 0.2) is 0 Å². The summed E-state index contributed by atoms with van der Waals surface area (Å²) >= 11 is 3.43. The van der Waals surface area contributed by atoms with Gasteiger partial charge in [-0.3, -0.25) is 0 Å². The summed E-state index contributed by atoms with van der Waals surface area (Å²) in [4.78, 5) is 0. The zero-order chi connectivity index (χ0) is 13.0. The van der Waals surface area contributed by atoms with E-state index in [1.165, 1.54) is 12.1 Å². The minimum absolute atomic E-state index is 0.198. The van der Waals surface area contributed by atoms with Crippen LogP contribution >= 0.6 is 15.9 Å². The molecule has 2 rings (SSSR count). The zero-order valence-corrected chi connectivity index (χ0v) is 12.2. The molecule has 18 heavy (non-hydrogen) atoms. The normalized spacial score (nSPS) is 21.2. The van der Waals surface area contributed by atoms with Crippen LogP contribution in [-0.4, -0.2) is 26.3 Å². The van der Waals surface area contributed by atoms with E-state index < -0.39 is 0 Å². The van der Waals surface area contributed by atoms with Crippen LogP contribution in [0.15, 0.2) is 22.7 Å². The summed E-state index contributed by atoms with van der Waals surface area (Å²) in [7, 11) is 1.98. The minimum atomic E-state index is -0.198. The predicted octanol–water partition coefficient (Wildman–Crippen LogP) is 3.15. The SMILES string of the molecule is CNC(Cc1ccc(F)cc1Br)CC1CCOC1. The van der Waals surface area contributed by atoms with E-state index in [0.29, 0.717) is 12.0 Å². The average Bonchev–Trinajstić information content (AvgIpc) is 2.84. The van der Waals surface area contributed by atoms with Gasteiger partial charge in [0.25, 0.3) is 0 Å². The molecule has 1 aliphatic rings. The Morgan fingerprint density at radius 2 is 2.39 bits per heavy atom. The molecule has 2 nitrogen and oxygen atoms in total. The van der Waals surface area contributed by atoms with E-state index in [2.05, 4.69) is 21.2 Å². The molecule has 1 aromatic rings. The fourth-order valence-corrected chi connectivity index (χ4v) is 2.94. The maximum absolute atomic E-state index is 13.0. The molecule has 100 valence electrons. The summed E-state index contributed by atoms with van der Waals surface area (Å²) < 4.78 is 19.3. The van der Waals surface area contributed by atoms with Crippen LogP contribution in [0.1, 0.15) is 18.4 Å². The maximum Gasteiger partial charge on any atom is 0.124 e. The first-order valence-corrected chi connectivity index (χ1v) is 7.17. The van der Waals surface area contributed by atoms with Crippen LogP contribution in [0.5, 0.6) is 0 Å². The standard InChI is InChI=1S/C14H19BrFNO/c1-17-13(6-10-4-5-18-9-10)7-11-2-3-12(16)8-14(11)15/h2-3,8,10,13,17H,4-7,9H2,1H3. The molecule has 0 saturated carbocycles. The van der Waals surface area contributed by atoms with E-state index in [9.17, 15) is 4.39 Å². The molecule has 4 heteroatoms. The second kappa shape index (κ2) is 6.64. The smallest absolute Gasteiger partial charge is 0.124 e. The first-order valence-electron chi connectivity index (χ1n) is 6.38. The lowest BCUT2D eigenvalue weighted by atomic mass is 9.94. The van der Waals surface area contributed by atoms with Crippen molar-refractivity contribution in [3.8, 4) is 0 Å². The van der Waals surface area contributed by atoms with Gasteiger partial charge >= 0.3 is 0 Å². The lowest BCUT2D eigenvalue weighted by Crippen LogP contribution is -2.30. The second-order valence-corrected chi connectivity index (χ2v) is 5.75. The molecular formula is C14H19BrFNO. The van der Waals surface area contributed by atoms with E-state index in [4.69, 9.17) is 4.74 Å². The molecular weight excluding hydrogens is 297 g/mol. The monoisotopic (exact) mass is 315 g/mol. The number of ether oxygens (including phenoxy) is 1. The van der Waals surface area contributed by atoms with Crippen LogP contribution in [0, 0.1) is 11.7 Å². The van der Waals surface area contributed by atoms with Gasteiger partial charge in [0, 0.05) is 23.7 Å². The van der Waals surface area contributed by atoms with Gasteiger partial charge in [-0.2, -0.15) is 0 Å². The fraction of sp³-hybridized carbons (Fsp3) is 0.571. The van der Waals surface area contributed by atoms with E-state index in [1.54, 1.807) is 0 Å². The molecule has 2 atom stereocenters. The van der Waals surface area contributed by atoms with Crippen LogP contribution in [0.25, 0.3) is 0 Å². The Hall–Kier alpha value is -0.450. The molecule has 2 unspecified atom stereocenters. The zero-order valence-electron chi connectivity index (χ0n) is 10.6. The highest BCUT2D eigenvalue weighted by Gasteiger charge is 2.20. The Morgan fingerprint density at radius 1 is 1.56 bits per heavy atom. The van der Waals surface area contributed by atoms with Crippen molar-refractivity contribution in [2.75, 3.05) is 20.3 Å². The Bertz CT molecular complexity index is 393. The minimum Gasteiger partial charge on any atom is -0.381 e. The van der Waals surface area contributed by atoms with Crippen LogP contribution < -0.4 is 5.32 Å². The number of benzene rings is 1. The second-order valence-electron chi connectivity index (χ2n) is 4.89. The van der Waals surface area contributed by atoms with Gasteiger partial charge in [0.1, 0.15) is 5.82 Å². The molecule has 1 fully saturated rings. The van der Waals surface area contributed by atoms with Gasteiger partial charge in [-0.05, 0) is 49.9 Å². The quantitative estimate of drug-likeness (QED) is 0.901. The Balaban J connectivity index is 1.96. The molecule has 0 aromatic heterocycles. The molecule has 0 bridgehead atoms. The molecule has 1 N–H and O–H groups in total. The summed E-state index contributed by atoms with van der Waals surface area (Å²) in [5.74, 6) is 0.456. The first kappa shape index (κ1) is 14.0. The molecule has 0 aliphatic carbocycles. The molecule has 1 heterocycles. The molecule has 0 amide bonds. The van der Waals surface area contributed by atoms with Gasteiger partial charge in [-0.1, -0.05) is 22.0 Å². The average molecular weight is 316 g/mol. The van der Waals surface area contributed by atoms with Gasteiger partial charge in [0.05, 0.1) is 0 Å². The van der Waals surface area contributed by atoms with Gasteiger partial charge in [0.2, 0.25) is 0 Å². The van der Waals surface area contributed by atoms with Crippen molar-refractivity contribution in [2.45, 2.75) is 25.3 Å². The lowest BCUT2D eigenvalue weighted by Gasteiger charge is -2.20. The van der Waals surface area contributed by atoms with Crippen LogP contribution in [0.2, 0.25) is 0 Å². The van der Waals surface area contributed by atoms with Crippen LogP contribution in [0.4, 0.5) is 4.39 Å². The first-order chi connectivity index (χ1) is 8.69. The number of rotatable bonds is 5. The highest BCUT2D eigenvalue weighted by Crippen LogP contribution is 2.23. The number of nitrogens with one attached hydrogen (secondary N) is 1. The predicted molar refractivity (Wildman–Crippen MR) is 74.2 cm³/mol. The van der Waals surface area contributed by atoms with E-state index in [-0.39, 0.29) is 5.82 Å². The number of likely N-dealkylation sites (N-methyl/N-ethyl adjacent to an activating group) is 1. The third-order valence-corrected chi connectivity index (χ3v) is 4.27.